The fraction of sp³-hybridized carbons (Fsp3) is 0.269. The summed E-state index contributed by atoms with van der Waals surface area (Å²) < 4.78 is 43.7. The van der Waals surface area contributed by atoms with Crippen molar-refractivity contribution in [2.75, 3.05) is 0 Å². The van der Waals surface area contributed by atoms with Crippen LogP contribution in [0.15, 0.2) is 66.8 Å². The molecule has 35 heavy (non-hydrogen) atoms. The number of hydrogen-bond acceptors (Lipinski definition) is 3. The third-order valence-electron chi connectivity index (χ3n) is 6.61. The second-order valence-corrected chi connectivity index (χ2v) is 8.91. The van der Waals surface area contributed by atoms with Gasteiger partial charge in [0.2, 0.25) is 5.91 Å². The number of amides is 1. The minimum atomic E-state index is -4.99. The molecule has 1 N–H and O–H groups in total. The molecule has 0 radical (unpaired) electrons. The minimum absolute atomic E-state index is 0.00521. The predicted molar refractivity (Wildman–Crippen MR) is 123 cm³/mol. The lowest BCUT2D eigenvalue weighted by atomic mass is 9.76. The summed E-state index contributed by atoms with van der Waals surface area (Å²) in [4.78, 5) is 26.5. The van der Waals surface area contributed by atoms with Gasteiger partial charge in [0.05, 0.1) is 17.7 Å². The zero-order chi connectivity index (χ0) is 25.4. The van der Waals surface area contributed by atoms with Crippen LogP contribution in [0.3, 0.4) is 0 Å². The van der Waals surface area contributed by atoms with Gasteiger partial charge in [-0.25, -0.2) is 4.79 Å². The number of benzene rings is 2. The maximum Gasteiger partial charge on any atom is 0.406 e. The van der Waals surface area contributed by atoms with Gasteiger partial charge < -0.3 is 10.0 Å². The van der Waals surface area contributed by atoms with Crippen LogP contribution >= 0.6 is 11.6 Å². The highest BCUT2D eigenvalue weighted by atomic mass is 35.5. The van der Waals surface area contributed by atoms with Crippen LogP contribution in [0.1, 0.15) is 42.0 Å². The Hall–Kier alpha value is -3.57. The van der Waals surface area contributed by atoms with Crippen molar-refractivity contribution in [3.05, 3.63) is 88.5 Å². The fourth-order valence-corrected chi connectivity index (χ4v) is 5.04. The lowest BCUT2D eigenvalue weighted by Gasteiger charge is -2.40. The molecule has 2 aromatic rings. The van der Waals surface area contributed by atoms with E-state index >= 15 is 0 Å². The summed E-state index contributed by atoms with van der Waals surface area (Å²) in [6.45, 7) is 0. The Kier molecular flexibility index (Phi) is 6.48. The van der Waals surface area contributed by atoms with E-state index in [9.17, 15) is 33.1 Å². The molecule has 2 aromatic carbocycles. The number of carboxylic acid groups (broad SMARTS) is 1. The van der Waals surface area contributed by atoms with Crippen LogP contribution in [0, 0.1) is 16.7 Å². The number of nitriles is 1. The quantitative estimate of drug-likeness (QED) is 0.565. The topological polar surface area (TPSA) is 81.4 Å². The Morgan fingerprint density at radius 1 is 1.11 bits per heavy atom. The maximum absolute atomic E-state index is 14.6. The van der Waals surface area contributed by atoms with E-state index in [0.29, 0.717) is 22.3 Å². The average molecular weight is 501 g/mol. The highest BCUT2D eigenvalue weighted by Crippen LogP contribution is 2.51. The van der Waals surface area contributed by atoms with Crippen molar-refractivity contribution < 1.29 is 27.9 Å². The van der Waals surface area contributed by atoms with E-state index in [-0.39, 0.29) is 17.9 Å². The Morgan fingerprint density at radius 3 is 2.40 bits per heavy atom. The summed E-state index contributed by atoms with van der Waals surface area (Å²) in [5, 5.41) is 19.3. The highest BCUT2D eigenvalue weighted by Gasteiger charge is 2.62. The van der Waals surface area contributed by atoms with E-state index < -0.39 is 42.0 Å². The van der Waals surface area contributed by atoms with Gasteiger partial charge in [-0.05, 0) is 48.1 Å². The lowest BCUT2D eigenvalue weighted by Crippen LogP contribution is -2.54. The monoisotopic (exact) mass is 500 g/mol. The molecule has 1 aliphatic heterocycles. The van der Waals surface area contributed by atoms with Crippen LogP contribution in [0.2, 0.25) is 5.02 Å². The first-order chi connectivity index (χ1) is 16.6. The van der Waals surface area contributed by atoms with E-state index in [2.05, 4.69) is 0 Å². The number of allylic oxidation sites excluding steroid dienone is 3. The zero-order valence-corrected chi connectivity index (χ0v) is 19.1. The van der Waals surface area contributed by atoms with Crippen molar-refractivity contribution in [1.82, 2.24) is 4.90 Å². The van der Waals surface area contributed by atoms with Gasteiger partial charge in [0.1, 0.15) is 6.04 Å². The van der Waals surface area contributed by atoms with Crippen LogP contribution < -0.4 is 0 Å². The molecule has 1 aliphatic carbocycles. The molecule has 180 valence electrons. The molecular formula is C26H20ClF3N2O3. The maximum atomic E-state index is 14.6. The largest absolute Gasteiger partial charge is 0.480 e. The second kappa shape index (κ2) is 9.23. The standard InChI is InChI=1S/C26H20ClF3N2O3/c27-20-8-4-3-7-19(20)21-9-10-22(23(33)34)32(21)24(35)25(26(28,29)30)13-11-16(12-14-25)18-6-2-1-5-17(18)15-31/h1-8,11-13,21-22H,9-10,14H2,(H,33,34)/t21-,22+,25?/m1/s1. The van der Waals surface area contributed by atoms with Gasteiger partial charge in [-0.1, -0.05) is 66.2 Å². The van der Waals surface area contributed by atoms with Crippen molar-refractivity contribution in [3.8, 4) is 6.07 Å². The van der Waals surface area contributed by atoms with Gasteiger partial charge in [-0.2, -0.15) is 18.4 Å². The van der Waals surface area contributed by atoms with E-state index in [1.165, 1.54) is 12.2 Å². The summed E-state index contributed by atoms with van der Waals surface area (Å²) >= 11 is 6.27. The number of carboxylic acids is 1. The number of nitrogens with zero attached hydrogens (tertiary/aromatic N) is 2. The van der Waals surface area contributed by atoms with E-state index in [4.69, 9.17) is 11.6 Å². The number of hydrogen-bond donors (Lipinski definition) is 1. The molecule has 1 heterocycles. The molecule has 1 fully saturated rings. The molecule has 0 spiro atoms. The van der Waals surface area contributed by atoms with Gasteiger partial charge in [0, 0.05) is 5.02 Å². The number of likely N-dealkylation sites (tertiary alicyclic amines) is 1. The highest BCUT2D eigenvalue weighted by molar-refractivity contribution is 6.31. The normalized spacial score (nSPS) is 24.1. The first-order valence-corrected chi connectivity index (χ1v) is 11.2. The molecule has 0 saturated carbocycles. The molecular weight excluding hydrogens is 481 g/mol. The minimum Gasteiger partial charge on any atom is -0.480 e. The van der Waals surface area contributed by atoms with Crippen LogP contribution in [-0.4, -0.2) is 34.1 Å². The molecule has 9 heteroatoms. The number of carbonyl (C=O) groups excluding carboxylic acids is 1. The summed E-state index contributed by atoms with van der Waals surface area (Å²) in [7, 11) is 0. The second-order valence-electron chi connectivity index (χ2n) is 8.50. The van der Waals surface area contributed by atoms with Gasteiger partial charge in [0.25, 0.3) is 0 Å². The molecule has 5 nitrogen and oxygen atoms in total. The first kappa shape index (κ1) is 24.6. The number of alkyl halides is 3. The Bertz CT molecular complexity index is 1280. The third-order valence-corrected chi connectivity index (χ3v) is 6.95. The van der Waals surface area contributed by atoms with E-state index in [1.807, 2.05) is 6.07 Å². The van der Waals surface area contributed by atoms with Gasteiger partial charge in [-0.15, -0.1) is 0 Å². The van der Waals surface area contributed by atoms with Gasteiger partial charge in [0.15, 0.2) is 5.41 Å². The van der Waals surface area contributed by atoms with E-state index in [1.54, 1.807) is 48.5 Å². The van der Waals surface area contributed by atoms with Crippen molar-refractivity contribution in [2.45, 2.75) is 37.5 Å². The summed E-state index contributed by atoms with van der Waals surface area (Å²) in [5.74, 6) is -2.70. The molecule has 1 saturated heterocycles. The Balaban J connectivity index is 1.77. The fourth-order valence-electron chi connectivity index (χ4n) is 4.78. The molecule has 2 aliphatic rings. The molecule has 1 amide bonds. The number of aliphatic carboxylic acids is 1. The van der Waals surface area contributed by atoms with Crippen molar-refractivity contribution in [2.24, 2.45) is 5.41 Å². The molecule has 3 atom stereocenters. The summed E-state index contributed by atoms with van der Waals surface area (Å²) in [6.07, 6.45) is -2.29. The lowest BCUT2D eigenvalue weighted by molar-refractivity contribution is -0.214. The molecule has 4 rings (SSSR count). The van der Waals surface area contributed by atoms with E-state index in [0.717, 1.165) is 11.0 Å². The molecule has 0 bridgehead atoms. The van der Waals surface area contributed by atoms with Crippen LogP contribution in [-0.2, 0) is 9.59 Å². The summed E-state index contributed by atoms with van der Waals surface area (Å²) in [6, 6.07) is 12.6. The third kappa shape index (κ3) is 4.21. The van der Waals surface area contributed by atoms with Gasteiger partial charge >= 0.3 is 12.1 Å². The number of rotatable bonds is 4. The Labute approximate surface area is 204 Å². The van der Waals surface area contributed by atoms with Crippen molar-refractivity contribution in [1.29, 1.82) is 5.26 Å². The number of carbonyl (C=O) groups is 2. The summed E-state index contributed by atoms with van der Waals surface area (Å²) in [5.41, 5.74) is -1.42. The van der Waals surface area contributed by atoms with Crippen molar-refractivity contribution in [3.63, 3.8) is 0 Å². The molecule has 1 unspecified atom stereocenters. The average Bonchev–Trinajstić information content (AvgIpc) is 3.28. The Morgan fingerprint density at radius 2 is 1.80 bits per heavy atom. The predicted octanol–water partition coefficient (Wildman–Crippen LogP) is 5.92. The zero-order valence-electron chi connectivity index (χ0n) is 18.3. The van der Waals surface area contributed by atoms with Crippen LogP contribution in [0.5, 0.6) is 0 Å². The van der Waals surface area contributed by atoms with Gasteiger partial charge in [-0.3, -0.25) is 4.79 Å². The van der Waals surface area contributed by atoms with Crippen molar-refractivity contribution >= 4 is 29.1 Å². The first-order valence-electron chi connectivity index (χ1n) is 10.9. The smallest absolute Gasteiger partial charge is 0.406 e. The van der Waals surface area contributed by atoms with Crippen LogP contribution in [0.25, 0.3) is 5.57 Å². The van der Waals surface area contributed by atoms with Crippen LogP contribution in [0.4, 0.5) is 13.2 Å². The molecule has 0 aromatic heterocycles. The SMILES string of the molecule is N#Cc1ccccc1C1=CCC(C(=O)N2[C@@H](c3ccccc3Cl)CC[C@H]2C(=O)O)(C(F)(F)F)C=C1. The number of halogens is 4.